The molecule has 2 aliphatic rings. The van der Waals surface area contributed by atoms with E-state index in [2.05, 4.69) is 14.9 Å². The topological polar surface area (TPSA) is 47.0 Å². The molecule has 1 N–H and O–H groups in total. The summed E-state index contributed by atoms with van der Waals surface area (Å²) in [5.41, 5.74) is 1.17. The zero-order valence-corrected chi connectivity index (χ0v) is 9.42. The van der Waals surface area contributed by atoms with E-state index in [1.807, 2.05) is 0 Å². The maximum atomic E-state index is 5.39. The van der Waals surface area contributed by atoms with Crippen LogP contribution in [-0.4, -0.2) is 28.8 Å². The Balaban J connectivity index is 1.67. The molecule has 1 saturated heterocycles. The molecule has 15 heavy (non-hydrogen) atoms. The third-order valence-corrected chi connectivity index (χ3v) is 3.77. The van der Waals surface area contributed by atoms with Crippen LogP contribution in [0.15, 0.2) is 0 Å². The number of aromatic nitrogens is 2. The van der Waals surface area contributed by atoms with Gasteiger partial charge in [0.25, 0.3) is 0 Å². The molecule has 1 aliphatic heterocycles. The number of ether oxygens (including phenoxy) is 1. The fourth-order valence-corrected chi connectivity index (χ4v) is 2.60. The lowest BCUT2D eigenvalue weighted by molar-refractivity contribution is 0.193. The van der Waals surface area contributed by atoms with Crippen molar-refractivity contribution in [1.82, 2.24) is 14.9 Å². The SMILES string of the molecule is C1CC(c2nnsc2CNC2CC2)CO1. The van der Waals surface area contributed by atoms with Crippen molar-refractivity contribution in [1.29, 1.82) is 0 Å². The smallest absolute Gasteiger partial charge is 0.0855 e. The maximum absolute atomic E-state index is 5.39. The predicted octanol–water partition coefficient (Wildman–Crippen LogP) is 1.29. The van der Waals surface area contributed by atoms with Crippen molar-refractivity contribution in [2.45, 2.75) is 37.8 Å². The summed E-state index contributed by atoms with van der Waals surface area (Å²) in [5, 5.41) is 7.76. The molecule has 5 heteroatoms. The Kier molecular flexibility index (Phi) is 2.68. The Morgan fingerprint density at radius 3 is 3.07 bits per heavy atom. The second-order valence-electron chi connectivity index (χ2n) is 4.30. The Labute approximate surface area is 93.2 Å². The normalized spacial score (nSPS) is 26.0. The van der Waals surface area contributed by atoms with Gasteiger partial charge in [-0.05, 0) is 30.8 Å². The third-order valence-electron chi connectivity index (χ3n) is 3.03. The minimum absolute atomic E-state index is 0.486. The highest BCUT2D eigenvalue weighted by Crippen LogP contribution is 2.28. The fraction of sp³-hybridized carbons (Fsp3) is 0.800. The van der Waals surface area contributed by atoms with E-state index in [0.29, 0.717) is 5.92 Å². The molecule has 2 fully saturated rings. The van der Waals surface area contributed by atoms with Crippen LogP contribution in [0.2, 0.25) is 0 Å². The molecular weight excluding hydrogens is 210 g/mol. The van der Waals surface area contributed by atoms with Crippen LogP contribution in [0.1, 0.15) is 35.8 Å². The van der Waals surface area contributed by atoms with Crippen LogP contribution in [0, 0.1) is 0 Å². The predicted molar refractivity (Wildman–Crippen MR) is 57.9 cm³/mol. The summed E-state index contributed by atoms with van der Waals surface area (Å²) in [6.07, 6.45) is 3.75. The maximum Gasteiger partial charge on any atom is 0.0855 e. The highest BCUT2D eigenvalue weighted by atomic mass is 32.1. The van der Waals surface area contributed by atoms with E-state index in [-0.39, 0.29) is 0 Å². The molecule has 1 aromatic rings. The molecule has 1 atom stereocenters. The third kappa shape index (κ3) is 2.19. The van der Waals surface area contributed by atoms with Crippen LogP contribution in [-0.2, 0) is 11.3 Å². The van der Waals surface area contributed by atoms with Crippen LogP contribution in [0.3, 0.4) is 0 Å². The first-order valence-electron chi connectivity index (χ1n) is 5.56. The molecule has 1 unspecified atom stereocenters. The number of rotatable bonds is 4. The minimum Gasteiger partial charge on any atom is -0.381 e. The van der Waals surface area contributed by atoms with Gasteiger partial charge in [0.05, 0.1) is 17.2 Å². The van der Waals surface area contributed by atoms with Crippen LogP contribution in [0.4, 0.5) is 0 Å². The molecule has 0 aromatic carbocycles. The monoisotopic (exact) mass is 225 g/mol. The van der Waals surface area contributed by atoms with Crippen molar-refractivity contribution in [2.75, 3.05) is 13.2 Å². The van der Waals surface area contributed by atoms with E-state index in [9.17, 15) is 0 Å². The molecule has 1 aliphatic carbocycles. The molecule has 0 bridgehead atoms. The van der Waals surface area contributed by atoms with Gasteiger partial charge in [0.15, 0.2) is 0 Å². The Hall–Kier alpha value is -0.520. The lowest BCUT2D eigenvalue weighted by Gasteiger charge is -2.06. The van der Waals surface area contributed by atoms with E-state index >= 15 is 0 Å². The summed E-state index contributed by atoms with van der Waals surface area (Å²) in [5.74, 6) is 0.486. The van der Waals surface area contributed by atoms with Crippen molar-refractivity contribution in [3.05, 3.63) is 10.6 Å². The molecular formula is C10H15N3OS. The second kappa shape index (κ2) is 4.15. The molecule has 0 amide bonds. The van der Waals surface area contributed by atoms with Crippen molar-refractivity contribution in [3.8, 4) is 0 Å². The second-order valence-corrected chi connectivity index (χ2v) is 5.14. The summed E-state index contributed by atoms with van der Waals surface area (Å²) < 4.78 is 9.45. The zero-order chi connectivity index (χ0) is 10.1. The van der Waals surface area contributed by atoms with Crippen molar-refractivity contribution in [2.24, 2.45) is 0 Å². The molecule has 0 radical (unpaired) electrons. The van der Waals surface area contributed by atoms with Gasteiger partial charge in [0.2, 0.25) is 0 Å². The van der Waals surface area contributed by atoms with Gasteiger partial charge in [0, 0.05) is 25.1 Å². The summed E-state index contributed by atoms with van der Waals surface area (Å²) in [6, 6.07) is 0.750. The van der Waals surface area contributed by atoms with Crippen LogP contribution >= 0.6 is 11.5 Å². The van der Waals surface area contributed by atoms with E-state index in [1.54, 1.807) is 0 Å². The summed E-state index contributed by atoms with van der Waals surface area (Å²) in [7, 11) is 0. The summed E-state index contributed by atoms with van der Waals surface area (Å²) in [4.78, 5) is 1.30. The van der Waals surface area contributed by atoms with Crippen molar-refractivity contribution < 1.29 is 4.74 Å². The van der Waals surface area contributed by atoms with E-state index < -0.39 is 0 Å². The van der Waals surface area contributed by atoms with E-state index in [4.69, 9.17) is 4.74 Å². The average molecular weight is 225 g/mol. The largest absolute Gasteiger partial charge is 0.381 e. The molecule has 82 valence electrons. The zero-order valence-electron chi connectivity index (χ0n) is 8.61. The average Bonchev–Trinajstić information content (AvgIpc) is 2.79. The number of hydrogen-bond acceptors (Lipinski definition) is 5. The summed E-state index contributed by atoms with van der Waals surface area (Å²) in [6.45, 7) is 2.63. The van der Waals surface area contributed by atoms with Gasteiger partial charge in [-0.25, -0.2) is 0 Å². The first-order valence-corrected chi connectivity index (χ1v) is 6.33. The highest BCUT2D eigenvalue weighted by molar-refractivity contribution is 7.05. The molecule has 0 spiro atoms. The molecule has 3 rings (SSSR count). The minimum atomic E-state index is 0.486. The molecule has 4 nitrogen and oxygen atoms in total. The van der Waals surface area contributed by atoms with Gasteiger partial charge in [-0.15, -0.1) is 5.10 Å². The molecule has 1 aromatic heterocycles. The van der Waals surface area contributed by atoms with Gasteiger partial charge in [-0.1, -0.05) is 4.49 Å². The van der Waals surface area contributed by atoms with E-state index in [0.717, 1.165) is 32.2 Å². The standard InChI is InChI=1S/C10H15N3OS/c1-2-8(1)11-5-9-10(12-13-15-9)7-3-4-14-6-7/h7-8,11H,1-6H2. The van der Waals surface area contributed by atoms with Crippen LogP contribution in [0.25, 0.3) is 0 Å². The first-order chi connectivity index (χ1) is 7.43. The lowest BCUT2D eigenvalue weighted by Crippen LogP contribution is -2.16. The highest BCUT2D eigenvalue weighted by Gasteiger charge is 2.25. The fourth-order valence-electron chi connectivity index (χ4n) is 1.92. The van der Waals surface area contributed by atoms with Gasteiger partial charge in [0.1, 0.15) is 0 Å². The van der Waals surface area contributed by atoms with Gasteiger partial charge < -0.3 is 10.1 Å². The summed E-state index contributed by atoms with van der Waals surface area (Å²) >= 11 is 1.53. The van der Waals surface area contributed by atoms with Crippen LogP contribution < -0.4 is 5.32 Å². The lowest BCUT2D eigenvalue weighted by atomic mass is 10.0. The Morgan fingerprint density at radius 1 is 1.40 bits per heavy atom. The number of hydrogen-bond donors (Lipinski definition) is 1. The van der Waals surface area contributed by atoms with Crippen molar-refractivity contribution >= 4 is 11.5 Å². The molecule has 2 heterocycles. The Bertz CT molecular complexity index is 331. The number of nitrogens with zero attached hydrogens (tertiary/aromatic N) is 2. The van der Waals surface area contributed by atoms with Gasteiger partial charge in [-0.2, -0.15) is 0 Å². The Morgan fingerprint density at radius 2 is 2.33 bits per heavy atom. The first kappa shape index (κ1) is 9.69. The van der Waals surface area contributed by atoms with Crippen molar-refractivity contribution in [3.63, 3.8) is 0 Å². The molecule has 1 saturated carbocycles. The van der Waals surface area contributed by atoms with Gasteiger partial charge in [-0.3, -0.25) is 0 Å². The quantitative estimate of drug-likeness (QED) is 0.839. The van der Waals surface area contributed by atoms with Gasteiger partial charge >= 0.3 is 0 Å². The van der Waals surface area contributed by atoms with Crippen LogP contribution in [0.5, 0.6) is 0 Å². The van der Waals surface area contributed by atoms with E-state index in [1.165, 1.54) is 34.9 Å². The number of nitrogens with one attached hydrogen (secondary N) is 1.